The Bertz CT molecular complexity index is 674. The van der Waals surface area contributed by atoms with Gasteiger partial charge in [-0.1, -0.05) is 23.4 Å². The second-order valence-corrected chi connectivity index (χ2v) is 8.64. The van der Waals surface area contributed by atoms with Crippen molar-refractivity contribution in [3.05, 3.63) is 29.3 Å². The molecule has 10 heteroatoms. The molecule has 0 aromatic heterocycles. The van der Waals surface area contributed by atoms with Crippen molar-refractivity contribution in [2.75, 3.05) is 11.5 Å². The van der Waals surface area contributed by atoms with Gasteiger partial charge in [-0.3, -0.25) is 9.59 Å². The summed E-state index contributed by atoms with van der Waals surface area (Å²) in [6.07, 6.45) is -4.03. The number of aliphatic hydroxyl groups is 4. The van der Waals surface area contributed by atoms with Crippen LogP contribution in [0.3, 0.4) is 0 Å². The van der Waals surface area contributed by atoms with E-state index in [1.165, 1.54) is 12.1 Å². The van der Waals surface area contributed by atoms with E-state index in [4.69, 9.17) is 16.7 Å². The number of halogens is 1. The van der Waals surface area contributed by atoms with Crippen molar-refractivity contribution >= 4 is 52.0 Å². The average molecular weight is 406 g/mol. The van der Waals surface area contributed by atoms with E-state index in [0.717, 1.165) is 28.4 Å². The Kier molecular flexibility index (Phi) is 5.64. The van der Waals surface area contributed by atoms with Crippen LogP contribution in [0.2, 0.25) is 5.02 Å². The third kappa shape index (κ3) is 3.42. The number of carbonyl (C=O) groups is 2. The van der Waals surface area contributed by atoms with E-state index in [-0.39, 0.29) is 0 Å². The predicted octanol–water partition coefficient (Wildman–Crippen LogP) is 0.467. The molecule has 2 aliphatic heterocycles. The van der Waals surface area contributed by atoms with Crippen molar-refractivity contribution in [2.24, 2.45) is 0 Å². The zero-order chi connectivity index (χ0) is 18.3. The summed E-state index contributed by atoms with van der Waals surface area (Å²) in [6.45, 7) is -0.611. The fourth-order valence-corrected chi connectivity index (χ4v) is 5.88. The summed E-state index contributed by atoms with van der Waals surface area (Å²) in [5, 5.41) is 36.7. The van der Waals surface area contributed by atoms with Crippen LogP contribution >= 0.6 is 35.1 Å². The van der Waals surface area contributed by atoms with Crippen LogP contribution < -0.4 is 4.90 Å². The van der Waals surface area contributed by atoms with Crippen LogP contribution in [0, 0.1) is 0 Å². The molecular formula is C15H16ClNO6S2. The van der Waals surface area contributed by atoms with E-state index in [0.29, 0.717) is 10.7 Å². The Morgan fingerprint density at radius 3 is 2.40 bits per heavy atom. The Labute approximate surface area is 157 Å². The van der Waals surface area contributed by atoms with Gasteiger partial charge in [0, 0.05) is 5.02 Å². The van der Waals surface area contributed by atoms with Gasteiger partial charge < -0.3 is 20.4 Å². The standard InChI is InChI=1S/C15H16ClNO6S2/c16-6-1-3-7(4-2-6)17-14(22)13-12(25-15(17)23)10(21)9(20)11(24-13)8(19)5-18/h1-4,8-13,18-21H,5H2/t8-,9-,10-,11?,12?,13?/m1/s1. The molecule has 0 aliphatic carbocycles. The van der Waals surface area contributed by atoms with Crippen LogP contribution in [-0.4, -0.2) is 72.2 Å². The van der Waals surface area contributed by atoms with Gasteiger partial charge in [0.2, 0.25) is 5.91 Å². The fraction of sp³-hybridized carbons (Fsp3) is 0.467. The summed E-state index contributed by atoms with van der Waals surface area (Å²) in [5.74, 6) is -0.540. The maximum absolute atomic E-state index is 12.9. The average Bonchev–Trinajstić information content (AvgIpc) is 2.59. The summed E-state index contributed by atoms with van der Waals surface area (Å²) in [7, 11) is 0. The van der Waals surface area contributed by atoms with E-state index in [2.05, 4.69) is 0 Å². The molecule has 4 N–H and O–H groups in total. The molecule has 3 rings (SSSR count). The van der Waals surface area contributed by atoms with Crippen LogP contribution in [0.25, 0.3) is 0 Å². The molecule has 0 saturated carbocycles. The van der Waals surface area contributed by atoms with E-state index in [1.807, 2.05) is 0 Å². The molecule has 0 spiro atoms. The quantitative estimate of drug-likeness (QED) is 0.573. The molecule has 136 valence electrons. The van der Waals surface area contributed by atoms with Crippen molar-refractivity contribution in [3.63, 3.8) is 0 Å². The summed E-state index contributed by atoms with van der Waals surface area (Å²) >= 11 is 7.56. The molecule has 2 heterocycles. The lowest BCUT2D eigenvalue weighted by atomic mass is 9.99. The Balaban J connectivity index is 1.90. The third-order valence-electron chi connectivity index (χ3n) is 4.16. The van der Waals surface area contributed by atoms with Crippen molar-refractivity contribution < 1.29 is 30.0 Å². The monoisotopic (exact) mass is 405 g/mol. The molecule has 2 amide bonds. The minimum absolute atomic E-state index is 0.353. The van der Waals surface area contributed by atoms with Crippen molar-refractivity contribution in [3.8, 4) is 0 Å². The molecule has 2 aliphatic rings. The number of benzene rings is 1. The number of anilines is 1. The molecule has 25 heavy (non-hydrogen) atoms. The number of carbonyl (C=O) groups excluding carboxylic acids is 2. The molecule has 6 atom stereocenters. The smallest absolute Gasteiger partial charge is 0.293 e. The third-order valence-corrected chi connectivity index (χ3v) is 7.49. The number of rotatable bonds is 3. The van der Waals surface area contributed by atoms with Crippen LogP contribution in [0.15, 0.2) is 24.3 Å². The number of nitrogens with zero attached hydrogens (tertiary/aromatic N) is 1. The minimum atomic E-state index is -1.37. The zero-order valence-electron chi connectivity index (χ0n) is 12.7. The van der Waals surface area contributed by atoms with Crippen LogP contribution in [0.1, 0.15) is 0 Å². The first-order chi connectivity index (χ1) is 11.8. The van der Waals surface area contributed by atoms with E-state index in [1.54, 1.807) is 12.1 Å². The fourth-order valence-electron chi connectivity index (χ4n) is 2.86. The van der Waals surface area contributed by atoms with E-state index in [9.17, 15) is 24.9 Å². The summed E-state index contributed by atoms with van der Waals surface area (Å²) in [6, 6.07) is 6.19. The van der Waals surface area contributed by atoms with Crippen LogP contribution in [0.4, 0.5) is 10.5 Å². The van der Waals surface area contributed by atoms with Crippen molar-refractivity contribution in [1.82, 2.24) is 0 Å². The maximum atomic E-state index is 12.9. The lowest BCUT2D eigenvalue weighted by Crippen LogP contribution is -2.62. The van der Waals surface area contributed by atoms with E-state index >= 15 is 0 Å². The molecule has 3 unspecified atom stereocenters. The van der Waals surface area contributed by atoms with Crippen molar-refractivity contribution in [2.45, 2.75) is 34.1 Å². The SMILES string of the molecule is O=C1SC2C(SC([C@H](O)CO)[C@H](O)[C@H]2O)C(=O)N1c1ccc(Cl)cc1. The van der Waals surface area contributed by atoms with Gasteiger partial charge in [0.1, 0.15) is 0 Å². The highest BCUT2D eigenvalue weighted by atomic mass is 35.5. The van der Waals surface area contributed by atoms with Gasteiger partial charge in [-0.15, -0.1) is 11.8 Å². The van der Waals surface area contributed by atoms with Gasteiger partial charge in [-0.25, -0.2) is 4.90 Å². The number of hydrogen-bond acceptors (Lipinski definition) is 8. The summed E-state index contributed by atoms with van der Waals surface area (Å²) in [4.78, 5) is 26.3. The molecule has 2 saturated heterocycles. The highest BCUT2D eigenvalue weighted by molar-refractivity contribution is 8.16. The Hall–Kier alpha value is -0.810. The Morgan fingerprint density at radius 2 is 1.80 bits per heavy atom. The number of imide groups is 1. The summed E-state index contributed by atoms with van der Waals surface area (Å²) < 4.78 is 0. The summed E-state index contributed by atoms with van der Waals surface area (Å²) in [5.41, 5.74) is 0.353. The molecule has 1 aromatic rings. The first-order valence-corrected chi connectivity index (χ1v) is 9.66. The largest absolute Gasteiger partial charge is 0.394 e. The first-order valence-electron chi connectivity index (χ1n) is 7.46. The van der Waals surface area contributed by atoms with Gasteiger partial charge >= 0.3 is 0 Å². The predicted molar refractivity (Wildman–Crippen MR) is 96.0 cm³/mol. The molecule has 2 fully saturated rings. The molecular weight excluding hydrogens is 390 g/mol. The topological polar surface area (TPSA) is 118 Å². The van der Waals surface area contributed by atoms with Gasteiger partial charge in [-0.2, -0.15) is 0 Å². The number of thioether (sulfide) groups is 2. The van der Waals surface area contributed by atoms with Crippen molar-refractivity contribution in [1.29, 1.82) is 0 Å². The lowest BCUT2D eigenvalue weighted by molar-refractivity contribution is -0.118. The van der Waals surface area contributed by atoms with Gasteiger partial charge in [0.05, 0.1) is 46.4 Å². The maximum Gasteiger partial charge on any atom is 0.293 e. The molecule has 0 bridgehead atoms. The molecule has 7 nitrogen and oxygen atoms in total. The van der Waals surface area contributed by atoms with Gasteiger partial charge in [-0.05, 0) is 24.3 Å². The first kappa shape index (κ1) is 19.0. The Morgan fingerprint density at radius 1 is 1.16 bits per heavy atom. The van der Waals surface area contributed by atoms with Crippen LogP contribution in [0.5, 0.6) is 0 Å². The second kappa shape index (κ2) is 7.43. The minimum Gasteiger partial charge on any atom is -0.394 e. The number of hydrogen-bond donors (Lipinski definition) is 4. The lowest BCUT2D eigenvalue weighted by Gasteiger charge is -2.46. The van der Waals surface area contributed by atoms with Crippen LogP contribution in [-0.2, 0) is 4.79 Å². The van der Waals surface area contributed by atoms with Gasteiger partial charge in [0.25, 0.3) is 5.24 Å². The highest BCUT2D eigenvalue weighted by Gasteiger charge is 2.54. The number of amides is 2. The highest BCUT2D eigenvalue weighted by Crippen LogP contribution is 2.45. The normalized spacial score (nSPS) is 34.0. The number of fused-ring (bicyclic) bond motifs is 1. The second-order valence-electron chi connectivity index (χ2n) is 5.75. The zero-order valence-corrected chi connectivity index (χ0v) is 15.1. The molecule has 0 radical (unpaired) electrons. The number of aliphatic hydroxyl groups excluding tert-OH is 4. The van der Waals surface area contributed by atoms with E-state index < -0.39 is 51.8 Å². The molecule has 1 aromatic carbocycles. The van der Waals surface area contributed by atoms with Gasteiger partial charge in [0.15, 0.2) is 0 Å².